The van der Waals surface area contributed by atoms with Crippen LogP contribution in [0.4, 0.5) is 0 Å². The summed E-state index contributed by atoms with van der Waals surface area (Å²) in [6.45, 7) is 18.1. The van der Waals surface area contributed by atoms with Crippen molar-refractivity contribution in [2.45, 2.75) is 64.5 Å². The van der Waals surface area contributed by atoms with Gasteiger partial charge in [-0.2, -0.15) is 0 Å². The maximum atomic E-state index is 6.06. The first kappa shape index (κ1) is 19.3. The Morgan fingerprint density at radius 3 is 1.95 bits per heavy atom. The number of rotatable bonds is 9. The Hall–Kier alpha value is 0.314. The molecule has 0 aromatic rings. The normalized spacial score (nSPS) is 13.9. The molecule has 0 aromatic carbocycles. The van der Waals surface area contributed by atoms with Crippen LogP contribution in [-0.4, -0.2) is 43.6 Å². The molecule has 5 heteroatoms. The van der Waals surface area contributed by atoms with Crippen LogP contribution in [0.1, 0.15) is 27.2 Å². The Labute approximate surface area is 122 Å². The Bertz CT molecular complexity index is 248. The quantitative estimate of drug-likeness (QED) is 0.470. The molecule has 0 spiro atoms. The zero-order valence-electron chi connectivity index (χ0n) is 14.3. The van der Waals surface area contributed by atoms with Crippen LogP contribution in [0.25, 0.3) is 0 Å². The van der Waals surface area contributed by atoms with E-state index < -0.39 is 16.6 Å². The molecule has 0 heterocycles. The molecule has 0 amide bonds. The van der Waals surface area contributed by atoms with Gasteiger partial charge in [0.25, 0.3) is 0 Å². The van der Waals surface area contributed by atoms with Crippen LogP contribution >= 0.6 is 0 Å². The molecule has 0 unspecified atom stereocenters. The fraction of sp³-hybridized carbons (Fsp3) is 1.00. The Morgan fingerprint density at radius 2 is 1.47 bits per heavy atom. The van der Waals surface area contributed by atoms with E-state index in [1.807, 2.05) is 7.11 Å². The van der Waals surface area contributed by atoms with Crippen molar-refractivity contribution in [2.75, 3.05) is 26.9 Å². The molecule has 0 aliphatic rings. The smallest absolute Gasteiger partial charge is 0.192 e. The van der Waals surface area contributed by atoms with Crippen LogP contribution < -0.4 is 0 Å². The second kappa shape index (κ2) is 7.93. The fourth-order valence-corrected chi connectivity index (χ4v) is 3.60. The van der Waals surface area contributed by atoms with Gasteiger partial charge in [-0.15, -0.1) is 0 Å². The van der Waals surface area contributed by atoms with Gasteiger partial charge in [-0.05, 0) is 43.7 Å². The summed E-state index contributed by atoms with van der Waals surface area (Å²) in [6.07, 6.45) is 1.09. The molecule has 0 aliphatic heterocycles. The van der Waals surface area contributed by atoms with Gasteiger partial charge in [-0.3, -0.25) is 0 Å². The van der Waals surface area contributed by atoms with Gasteiger partial charge in [0.2, 0.25) is 0 Å². The van der Waals surface area contributed by atoms with Gasteiger partial charge in [-0.1, -0.05) is 20.8 Å². The largest absolute Gasteiger partial charge is 0.420 e. The molecular weight excluding hydrogens is 272 g/mol. The first-order chi connectivity index (χ1) is 8.52. The van der Waals surface area contributed by atoms with Gasteiger partial charge in [-0.25, -0.2) is 0 Å². The summed E-state index contributed by atoms with van der Waals surface area (Å²) in [7, 11) is -1.19. The second-order valence-electron chi connectivity index (χ2n) is 7.29. The second-order valence-corrected chi connectivity index (χ2v) is 16.5. The topological polar surface area (TPSA) is 27.7 Å². The highest BCUT2D eigenvalue weighted by Gasteiger charge is 2.36. The number of hydrogen-bond donors (Lipinski definition) is 0. The van der Waals surface area contributed by atoms with Crippen molar-refractivity contribution in [3.8, 4) is 0 Å². The van der Waals surface area contributed by atoms with Crippen molar-refractivity contribution in [3.63, 3.8) is 0 Å². The Morgan fingerprint density at radius 1 is 0.895 bits per heavy atom. The molecule has 0 saturated heterocycles. The maximum absolute atomic E-state index is 6.06. The van der Waals surface area contributed by atoms with E-state index >= 15 is 0 Å². The van der Waals surface area contributed by atoms with E-state index in [2.05, 4.69) is 47.0 Å². The third kappa shape index (κ3) is 8.24. The van der Waals surface area contributed by atoms with Gasteiger partial charge in [0.1, 0.15) is 0 Å². The SMILES string of the molecule is CO[Si](C)(C)CCCOCCO[Si](C)(C)C(C)(C)C. The number of ether oxygens (including phenoxy) is 1. The van der Waals surface area contributed by atoms with Gasteiger partial charge < -0.3 is 13.6 Å². The summed E-state index contributed by atoms with van der Waals surface area (Å²) in [6, 6.07) is 1.16. The van der Waals surface area contributed by atoms with E-state index in [1.165, 1.54) is 0 Å². The predicted octanol–water partition coefficient (Wildman–Crippen LogP) is 4.27. The van der Waals surface area contributed by atoms with Crippen molar-refractivity contribution < 1.29 is 13.6 Å². The molecule has 3 nitrogen and oxygen atoms in total. The molecule has 116 valence electrons. The van der Waals surface area contributed by atoms with Crippen molar-refractivity contribution in [2.24, 2.45) is 0 Å². The third-order valence-corrected chi connectivity index (χ3v) is 11.3. The third-order valence-electron chi connectivity index (χ3n) is 4.12. The van der Waals surface area contributed by atoms with Gasteiger partial charge in [0, 0.05) is 13.7 Å². The van der Waals surface area contributed by atoms with Gasteiger partial charge in [0.05, 0.1) is 13.2 Å². The average Bonchev–Trinajstić information content (AvgIpc) is 2.26. The highest BCUT2D eigenvalue weighted by atomic mass is 28.4. The zero-order valence-corrected chi connectivity index (χ0v) is 16.3. The van der Waals surface area contributed by atoms with Crippen LogP contribution in [-0.2, 0) is 13.6 Å². The lowest BCUT2D eigenvalue weighted by atomic mass is 10.2. The van der Waals surface area contributed by atoms with E-state index in [-0.39, 0.29) is 5.04 Å². The van der Waals surface area contributed by atoms with Gasteiger partial charge in [0.15, 0.2) is 16.6 Å². The summed E-state index contributed by atoms with van der Waals surface area (Å²) in [4.78, 5) is 0. The molecule has 0 bridgehead atoms. The Balaban J connectivity index is 3.62. The first-order valence-electron chi connectivity index (χ1n) is 7.29. The number of hydrogen-bond acceptors (Lipinski definition) is 3. The lowest BCUT2D eigenvalue weighted by molar-refractivity contribution is 0.0953. The van der Waals surface area contributed by atoms with Crippen molar-refractivity contribution in [1.82, 2.24) is 0 Å². The van der Waals surface area contributed by atoms with Crippen molar-refractivity contribution in [1.29, 1.82) is 0 Å². The Kier molecular flexibility index (Phi) is 8.06. The van der Waals surface area contributed by atoms with Crippen LogP contribution in [0.2, 0.25) is 37.3 Å². The molecule has 0 aromatic heterocycles. The molecule has 0 atom stereocenters. The molecular formula is C14H34O3Si2. The predicted molar refractivity (Wildman–Crippen MR) is 87.9 cm³/mol. The van der Waals surface area contributed by atoms with Crippen molar-refractivity contribution >= 4 is 16.6 Å². The van der Waals surface area contributed by atoms with Crippen LogP contribution in [0.15, 0.2) is 0 Å². The molecule has 0 fully saturated rings. The summed E-state index contributed by atoms with van der Waals surface area (Å²) in [5.74, 6) is 0. The molecule has 0 N–H and O–H groups in total. The lowest BCUT2D eigenvalue weighted by Crippen LogP contribution is -2.41. The van der Waals surface area contributed by atoms with Gasteiger partial charge >= 0.3 is 0 Å². The van der Waals surface area contributed by atoms with E-state index in [0.29, 0.717) is 6.61 Å². The van der Waals surface area contributed by atoms with Crippen molar-refractivity contribution in [3.05, 3.63) is 0 Å². The monoisotopic (exact) mass is 306 g/mol. The molecule has 0 rings (SSSR count). The summed E-state index contributed by atoms with van der Waals surface area (Å²) >= 11 is 0. The van der Waals surface area contributed by atoms with E-state index in [0.717, 1.165) is 25.7 Å². The first-order valence-corrected chi connectivity index (χ1v) is 13.3. The van der Waals surface area contributed by atoms with Crippen LogP contribution in [0.5, 0.6) is 0 Å². The lowest BCUT2D eigenvalue weighted by Gasteiger charge is -2.36. The molecule has 0 aliphatic carbocycles. The fourth-order valence-electron chi connectivity index (χ4n) is 1.38. The van der Waals surface area contributed by atoms with E-state index in [4.69, 9.17) is 13.6 Å². The summed E-state index contributed by atoms with van der Waals surface area (Å²) < 4.78 is 17.2. The molecule has 0 saturated carbocycles. The summed E-state index contributed by atoms with van der Waals surface area (Å²) in [5, 5.41) is 0.279. The minimum absolute atomic E-state index is 0.279. The minimum Gasteiger partial charge on any atom is -0.420 e. The molecule has 0 radical (unpaired) electrons. The molecule has 19 heavy (non-hydrogen) atoms. The highest BCUT2D eigenvalue weighted by Crippen LogP contribution is 2.36. The maximum Gasteiger partial charge on any atom is 0.192 e. The van der Waals surface area contributed by atoms with Crippen LogP contribution in [0, 0.1) is 0 Å². The minimum atomic E-state index is -1.60. The summed E-state index contributed by atoms with van der Waals surface area (Å²) in [5.41, 5.74) is 0. The van der Waals surface area contributed by atoms with E-state index in [9.17, 15) is 0 Å². The standard InChI is InChI=1S/C14H34O3Si2/c1-14(2,3)19(7,8)17-12-11-16-10-9-13-18(5,6)15-4/h9-13H2,1-8H3. The average molecular weight is 307 g/mol. The van der Waals surface area contributed by atoms with E-state index in [1.54, 1.807) is 0 Å². The highest BCUT2D eigenvalue weighted by molar-refractivity contribution is 6.74. The zero-order chi connectivity index (χ0) is 15.2. The van der Waals surface area contributed by atoms with Crippen LogP contribution in [0.3, 0.4) is 0 Å².